The number of piperazine rings is 1. The summed E-state index contributed by atoms with van der Waals surface area (Å²) in [5.41, 5.74) is 1.63. The summed E-state index contributed by atoms with van der Waals surface area (Å²) in [6.45, 7) is 1.86. The molecule has 0 unspecified atom stereocenters. The Morgan fingerprint density at radius 1 is 1.25 bits per heavy atom. The second-order valence-electron chi connectivity index (χ2n) is 4.66. The van der Waals surface area contributed by atoms with Crippen molar-refractivity contribution in [2.24, 2.45) is 0 Å². The summed E-state index contributed by atoms with van der Waals surface area (Å²) < 4.78 is 24.3. The van der Waals surface area contributed by atoms with Crippen LogP contribution in [0, 0.1) is 11.3 Å². The highest BCUT2D eigenvalue weighted by molar-refractivity contribution is 7.88. The first-order chi connectivity index (χ1) is 9.45. The van der Waals surface area contributed by atoms with Gasteiger partial charge in [0.05, 0.1) is 17.5 Å². The average Bonchev–Trinajstić information content (AvgIpc) is 2.45. The van der Waals surface area contributed by atoms with Crippen LogP contribution in [0.3, 0.4) is 0 Å². The van der Waals surface area contributed by atoms with E-state index in [-0.39, 0.29) is 0 Å². The largest absolute Gasteiger partial charge is 0.368 e. The van der Waals surface area contributed by atoms with Crippen LogP contribution in [0.2, 0.25) is 0 Å². The SMILES string of the molecule is CS(=O)(=O)N1CCN(c2ccc(C=O)cc2C#N)CC1. The predicted octanol–water partition coefficient (Wildman–Crippen LogP) is 0.452. The van der Waals surface area contributed by atoms with E-state index in [4.69, 9.17) is 5.26 Å². The number of nitriles is 1. The molecule has 0 radical (unpaired) electrons. The fraction of sp³-hybridized carbons (Fsp3) is 0.385. The molecule has 6 nitrogen and oxygen atoms in total. The van der Waals surface area contributed by atoms with Crippen LogP contribution in [0.25, 0.3) is 0 Å². The molecule has 1 aromatic rings. The lowest BCUT2D eigenvalue weighted by Gasteiger charge is -2.35. The number of carbonyl (C=O) groups is 1. The second kappa shape index (κ2) is 5.61. The van der Waals surface area contributed by atoms with Gasteiger partial charge < -0.3 is 4.90 Å². The van der Waals surface area contributed by atoms with Gasteiger partial charge >= 0.3 is 0 Å². The maximum Gasteiger partial charge on any atom is 0.211 e. The van der Waals surface area contributed by atoms with E-state index in [9.17, 15) is 13.2 Å². The lowest BCUT2D eigenvalue weighted by Crippen LogP contribution is -2.48. The quantitative estimate of drug-likeness (QED) is 0.756. The van der Waals surface area contributed by atoms with E-state index in [1.54, 1.807) is 18.2 Å². The van der Waals surface area contributed by atoms with Crippen molar-refractivity contribution in [3.8, 4) is 6.07 Å². The summed E-state index contributed by atoms with van der Waals surface area (Å²) in [4.78, 5) is 12.7. The molecule has 0 atom stereocenters. The third-order valence-corrected chi connectivity index (χ3v) is 4.63. The lowest BCUT2D eigenvalue weighted by atomic mass is 10.1. The van der Waals surface area contributed by atoms with Gasteiger partial charge in [0.1, 0.15) is 12.4 Å². The summed E-state index contributed by atoms with van der Waals surface area (Å²) in [5, 5.41) is 9.15. The van der Waals surface area contributed by atoms with E-state index >= 15 is 0 Å². The van der Waals surface area contributed by atoms with E-state index in [0.29, 0.717) is 43.6 Å². The number of benzene rings is 1. The number of sulfonamides is 1. The highest BCUT2D eigenvalue weighted by atomic mass is 32.2. The van der Waals surface area contributed by atoms with Crippen LogP contribution < -0.4 is 4.90 Å². The minimum Gasteiger partial charge on any atom is -0.368 e. The molecule has 1 heterocycles. The Kier molecular flexibility index (Phi) is 4.06. The fourth-order valence-electron chi connectivity index (χ4n) is 2.25. The molecule has 0 spiro atoms. The first kappa shape index (κ1) is 14.5. The highest BCUT2D eigenvalue weighted by Crippen LogP contribution is 2.22. The molecule has 1 saturated heterocycles. The minimum absolute atomic E-state index is 0.402. The Bertz CT molecular complexity index is 656. The molecule has 1 aliphatic heterocycles. The van der Waals surface area contributed by atoms with Crippen molar-refractivity contribution in [2.45, 2.75) is 0 Å². The van der Waals surface area contributed by atoms with Gasteiger partial charge in [-0.2, -0.15) is 9.57 Å². The standard InChI is InChI=1S/C13H15N3O3S/c1-20(18,19)16-6-4-15(5-7-16)13-3-2-11(10-17)8-12(13)9-14/h2-3,8,10H,4-7H2,1H3. The van der Waals surface area contributed by atoms with Gasteiger partial charge in [0.2, 0.25) is 10.0 Å². The van der Waals surface area contributed by atoms with Crippen LogP contribution in [0.1, 0.15) is 15.9 Å². The number of hydrogen-bond donors (Lipinski definition) is 0. The molecule has 0 amide bonds. The molecule has 0 aliphatic carbocycles. The van der Waals surface area contributed by atoms with Gasteiger partial charge in [-0.25, -0.2) is 8.42 Å². The zero-order valence-corrected chi connectivity index (χ0v) is 11.9. The summed E-state index contributed by atoms with van der Waals surface area (Å²) in [6.07, 6.45) is 1.90. The number of rotatable bonds is 3. The number of hydrogen-bond acceptors (Lipinski definition) is 5. The van der Waals surface area contributed by atoms with Gasteiger partial charge in [-0.15, -0.1) is 0 Å². The lowest BCUT2D eigenvalue weighted by molar-refractivity contribution is 0.112. The number of carbonyl (C=O) groups excluding carboxylic acids is 1. The van der Waals surface area contributed by atoms with Gasteiger partial charge in [-0.3, -0.25) is 4.79 Å². The molecule has 7 heteroatoms. The highest BCUT2D eigenvalue weighted by Gasteiger charge is 2.24. The van der Waals surface area contributed by atoms with Gasteiger partial charge in [-0.05, 0) is 18.2 Å². The molecule has 1 fully saturated rings. The Labute approximate surface area is 118 Å². The molecule has 0 saturated carbocycles. The third-order valence-electron chi connectivity index (χ3n) is 3.33. The maximum atomic E-state index is 11.5. The van der Waals surface area contributed by atoms with Crippen LogP contribution in [0.5, 0.6) is 0 Å². The maximum absolute atomic E-state index is 11.5. The number of nitrogens with zero attached hydrogens (tertiary/aromatic N) is 3. The Balaban J connectivity index is 2.19. The van der Waals surface area contributed by atoms with Gasteiger partial charge in [0.15, 0.2) is 0 Å². The van der Waals surface area contributed by atoms with E-state index in [2.05, 4.69) is 6.07 Å². The molecule has 1 aromatic carbocycles. The summed E-state index contributed by atoms with van der Waals surface area (Å²) in [7, 11) is -3.16. The molecule has 0 N–H and O–H groups in total. The zero-order chi connectivity index (χ0) is 14.8. The van der Waals surface area contributed by atoms with Gasteiger partial charge in [-0.1, -0.05) is 0 Å². The smallest absolute Gasteiger partial charge is 0.211 e. The first-order valence-electron chi connectivity index (χ1n) is 6.15. The molecule has 0 bridgehead atoms. The monoisotopic (exact) mass is 293 g/mol. The molecular weight excluding hydrogens is 278 g/mol. The van der Waals surface area contributed by atoms with Crippen molar-refractivity contribution >= 4 is 22.0 Å². The van der Waals surface area contributed by atoms with Crippen LogP contribution >= 0.6 is 0 Å². The molecular formula is C13H15N3O3S. The normalized spacial score (nSPS) is 16.7. The molecule has 106 valence electrons. The van der Waals surface area contributed by atoms with Crippen LogP contribution in [0.15, 0.2) is 18.2 Å². The van der Waals surface area contributed by atoms with Crippen LogP contribution in [-0.4, -0.2) is 51.4 Å². The minimum atomic E-state index is -3.16. The van der Waals surface area contributed by atoms with E-state index < -0.39 is 10.0 Å². The fourth-order valence-corrected chi connectivity index (χ4v) is 3.08. The van der Waals surface area contributed by atoms with Crippen molar-refractivity contribution in [3.05, 3.63) is 29.3 Å². The van der Waals surface area contributed by atoms with E-state index in [1.165, 1.54) is 10.6 Å². The van der Waals surface area contributed by atoms with Gasteiger partial charge in [0.25, 0.3) is 0 Å². The second-order valence-corrected chi connectivity index (χ2v) is 6.64. The van der Waals surface area contributed by atoms with Crippen molar-refractivity contribution in [3.63, 3.8) is 0 Å². The summed E-state index contributed by atoms with van der Waals surface area (Å²) >= 11 is 0. The topological polar surface area (TPSA) is 81.5 Å². The van der Waals surface area contributed by atoms with Crippen LogP contribution in [-0.2, 0) is 10.0 Å². The molecule has 1 aliphatic rings. The van der Waals surface area contributed by atoms with Gasteiger partial charge in [0, 0.05) is 31.7 Å². The Hall–Kier alpha value is -1.91. The molecule has 20 heavy (non-hydrogen) atoms. The van der Waals surface area contributed by atoms with Crippen molar-refractivity contribution in [1.82, 2.24) is 4.31 Å². The van der Waals surface area contributed by atoms with Crippen molar-refractivity contribution in [2.75, 3.05) is 37.3 Å². The summed E-state index contributed by atoms with van der Waals surface area (Å²) in [5.74, 6) is 0. The Morgan fingerprint density at radius 2 is 1.90 bits per heavy atom. The van der Waals surface area contributed by atoms with Crippen LogP contribution in [0.4, 0.5) is 5.69 Å². The number of aldehydes is 1. The first-order valence-corrected chi connectivity index (χ1v) is 8.00. The summed E-state index contributed by atoms with van der Waals surface area (Å²) in [6, 6.07) is 7.02. The van der Waals surface area contributed by atoms with E-state index in [1.807, 2.05) is 4.90 Å². The molecule has 0 aromatic heterocycles. The molecule has 2 rings (SSSR count). The average molecular weight is 293 g/mol. The third kappa shape index (κ3) is 2.98. The van der Waals surface area contributed by atoms with Crippen molar-refractivity contribution in [1.29, 1.82) is 5.26 Å². The number of anilines is 1. The van der Waals surface area contributed by atoms with E-state index in [0.717, 1.165) is 5.69 Å². The predicted molar refractivity (Wildman–Crippen MR) is 75.2 cm³/mol. The zero-order valence-electron chi connectivity index (χ0n) is 11.1. The van der Waals surface area contributed by atoms with Crippen molar-refractivity contribution < 1.29 is 13.2 Å². The Morgan fingerprint density at radius 3 is 2.40 bits per heavy atom.